The number of anilines is 2. The zero-order chi connectivity index (χ0) is 24.5. The first-order valence-corrected chi connectivity index (χ1v) is 11.8. The standard InChI is InChI=1S/C24H35N7O3/c1-15(2)18-12-19(21(33)13-20(18)32)23-27-29-24(5,28-26-16(3)4)31(23)17-6-7-22(25-14-17)30-8-10-34-11-9-30/h6-7,12-16,23,27,29,32-33H,8-11H2,1-5H3. The minimum absolute atomic E-state index is 0.00542. The summed E-state index contributed by atoms with van der Waals surface area (Å²) in [5, 5.41) is 30.1. The maximum atomic E-state index is 10.8. The Morgan fingerprint density at radius 1 is 1.12 bits per heavy atom. The summed E-state index contributed by atoms with van der Waals surface area (Å²) in [6.45, 7) is 12.9. The molecule has 2 aliphatic rings. The van der Waals surface area contributed by atoms with Crippen LogP contribution in [0.1, 0.15) is 57.8 Å². The van der Waals surface area contributed by atoms with Gasteiger partial charge in [-0.3, -0.25) is 0 Å². The van der Waals surface area contributed by atoms with E-state index in [1.54, 1.807) is 0 Å². The van der Waals surface area contributed by atoms with E-state index in [1.807, 2.05) is 63.9 Å². The van der Waals surface area contributed by atoms with Crippen LogP contribution in [-0.2, 0) is 4.74 Å². The van der Waals surface area contributed by atoms with Gasteiger partial charge in [-0.1, -0.05) is 13.8 Å². The van der Waals surface area contributed by atoms with Gasteiger partial charge < -0.3 is 24.7 Å². The van der Waals surface area contributed by atoms with Gasteiger partial charge in [-0.2, -0.15) is 5.11 Å². The molecule has 184 valence electrons. The number of aromatic nitrogens is 1. The fourth-order valence-corrected chi connectivity index (χ4v) is 4.29. The largest absolute Gasteiger partial charge is 0.508 e. The van der Waals surface area contributed by atoms with Crippen LogP contribution in [0.5, 0.6) is 11.5 Å². The van der Waals surface area contributed by atoms with Crippen molar-refractivity contribution in [2.75, 3.05) is 36.1 Å². The Morgan fingerprint density at radius 3 is 2.47 bits per heavy atom. The lowest BCUT2D eigenvalue weighted by Crippen LogP contribution is -2.48. The molecule has 0 saturated carbocycles. The number of hydrogen-bond donors (Lipinski definition) is 4. The van der Waals surface area contributed by atoms with E-state index in [0.29, 0.717) is 18.8 Å². The second kappa shape index (κ2) is 9.73. The number of phenolic OH excluding ortho intramolecular Hbond substituents is 2. The third-order valence-corrected chi connectivity index (χ3v) is 6.09. The smallest absolute Gasteiger partial charge is 0.217 e. The number of pyridine rings is 1. The monoisotopic (exact) mass is 469 g/mol. The van der Waals surface area contributed by atoms with Crippen LogP contribution < -0.4 is 20.7 Å². The lowest BCUT2D eigenvalue weighted by Gasteiger charge is -2.35. The highest BCUT2D eigenvalue weighted by molar-refractivity contribution is 5.57. The van der Waals surface area contributed by atoms with E-state index in [9.17, 15) is 10.2 Å². The fraction of sp³-hybridized carbons (Fsp3) is 0.542. The van der Waals surface area contributed by atoms with E-state index in [-0.39, 0.29) is 23.5 Å². The third kappa shape index (κ3) is 4.79. The molecule has 0 bridgehead atoms. The van der Waals surface area contributed by atoms with Crippen molar-refractivity contribution in [3.63, 3.8) is 0 Å². The number of phenols is 2. The Hall–Kier alpha value is -2.95. The molecule has 2 fully saturated rings. The van der Waals surface area contributed by atoms with Crippen LogP contribution >= 0.6 is 0 Å². The fourth-order valence-electron chi connectivity index (χ4n) is 4.29. The minimum atomic E-state index is -0.931. The van der Waals surface area contributed by atoms with E-state index >= 15 is 0 Å². The first-order valence-electron chi connectivity index (χ1n) is 11.8. The number of morpholine rings is 1. The predicted octanol–water partition coefficient (Wildman–Crippen LogP) is 3.60. The maximum Gasteiger partial charge on any atom is 0.217 e. The molecule has 1 aromatic carbocycles. The molecule has 0 aliphatic carbocycles. The molecule has 3 heterocycles. The van der Waals surface area contributed by atoms with Crippen molar-refractivity contribution in [3.8, 4) is 11.5 Å². The van der Waals surface area contributed by atoms with Gasteiger partial charge in [0.1, 0.15) is 23.5 Å². The molecule has 4 rings (SSSR count). The highest BCUT2D eigenvalue weighted by Gasteiger charge is 2.45. The van der Waals surface area contributed by atoms with Gasteiger partial charge in [0.2, 0.25) is 5.79 Å². The Morgan fingerprint density at radius 2 is 1.85 bits per heavy atom. The highest BCUT2D eigenvalue weighted by atomic mass is 16.5. The third-order valence-electron chi connectivity index (χ3n) is 6.09. The van der Waals surface area contributed by atoms with Gasteiger partial charge >= 0.3 is 0 Å². The molecule has 0 radical (unpaired) electrons. The summed E-state index contributed by atoms with van der Waals surface area (Å²) in [6.07, 6.45) is 1.33. The molecule has 34 heavy (non-hydrogen) atoms. The number of ether oxygens (including phenoxy) is 1. The van der Waals surface area contributed by atoms with Gasteiger partial charge in [-0.15, -0.1) is 5.11 Å². The van der Waals surface area contributed by atoms with Gasteiger partial charge in [0.05, 0.1) is 31.1 Å². The van der Waals surface area contributed by atoms with Crippen LogP contribution in [-0.4, -0.2) is 53.3 Å². The van der Waals surface area contributed by atoms with Crippen molar-refractivity contribution in [3.05, 3.63) is 41.6 Å². The molecule has 0 spiro atoms. The molecule has 2 aliphatic heterocycles. The molecule has 2 aromatic rings. The molecule has 2 atom stereocenters. The molecule has 10 nitrogen and oxygen atoms in total. The topological polar surface area (TPSA) is 118 Å². The molecule has 10 heteroatoms. The normalized spacial score (nSPS) is 23.6. The van der Waals surface area contributed by atoms with E-state index in [2.05, 4.69) is 26.0 Å². The Labute approximate surface area is 200 Å². The molecular weight excluding hydrogens is 434 g/mol. The highest BCUT2D eigenvalue weighted by Crippen LogP contribution is 2.42. The second-order valence-corrected chi connectivity index (χ2v) is 9.47. The Kier molecular flexibility index (Phi) is 6.92. The van der Waals surface area contributed by atoms with Crippen LogP contribution in [0.15, 0.2) is 40.7 Å². The number of hydrogen-bond acceptors (Lipinski definition) is 10. The van der Waals surface area contributed by atoms with Crippen molar-refractivity contribution in [1.29, 1.82) is 0 Å². The number of nitrogens with zero attached hydrogens (tertiary/aromatic N) is 5. The molecule has 0 amide bonds. The van der Waals surface area contributed by atoms with Crippen molar-refractivity contribution in [2.45, 2.75) is 58.5 Å². The summed E-state index contributed by atoms with van der Waals surface area (Å²) in [4.78, 5) is 8.92. The van der Waals surface area contributed by atoms with Crippen LogP contribution in [0.2, 0.25) is 0 Å². The van der Waals surface area contributed by atoms with Gasteiger partial charge in [0.25, 0.3) is 0 Å². The maximum absolute atomic E-state index is 10.8. The van der Waals surface area contributed by atoms with Gasteiger partial charge in [0, 0.05) is 24.7 Å². The summed E-state index contributed by atoms with van der Waals surface area (Å²) >= 11 is 0. The molecule has 4 N–H and O–H groups in total. The number of rotatable bonds is 6. The summed E-state index contributed by atoms with van der Waals surface area (Å²) in [7, 11) is 0. The molecule has 2 saturated heterocycles. The van der Waals surface area contributed by atoms with Crippen molar-refractivity contribution < 1.29 is 14.9 Å². The Balaban J connectivity index is 1.75. The number of aromatic hydroxyl groups is 2. The average molecular weight is 470 g/mol. The predicted molar refractivity (Wildman–Crippen MR) is 131 cm³/mol. The number of benzene rings is 1. The van der Waals surface area contributed by atoms with Gasteiger partial charge in [-0.05, 0) is 50.5 Å². The van der Waals surface area contributed by atoms with Crippen LogP contribution in [0.3, 0.4) is 0 Å². The van der Waals surface area contributed by atoms with Gasteiger partial charge in [-0.25, -0.2) is 15.8 Å². The number of nitrogens with one attached hydrogen (secondary N) is 2. The van der Waals surface area contributed by atoms with Crippen molar-refractivity contribution in [2.24, 2.45) is 10.2 Å². The van der Waals surface area contributed by atoms with E-state index < -0.39 is 12.0 Å². The van der Waals surface area contributed by atoms with E-state index in [1.165, 1.54) is 6.07 Å². The van der Waals surface area contributed by atoms with Crippen LogP contribution in [0.25, 0.3) is 0 Å². The van der Waals surface area contributed by atoms with E-state index in [0.717, 1.165) is 30.2 Å². The second-order valence-electron chi connectivity index (χ2n) is 9.47. The lowest BCUT2D eigenvalue weighted by molar-refractivity contribution is 0.122. The zero-order valence-electron chi connectivity index (χ0n) is 20.5. The first-order chi connectivity index (χ1) is 16.2. The first kappa shape index (κ1) is 24.2. The molecular formula is C24H35N7O3. The van der Waals surface area contributed by atoms with Crippen molar-refractivity contribution in [1.82, 2.24) is 15.8 Å². The van der Waals surface area contributed by atoms with Gasteiger partial charge in [0.15, 0.2) is 0 Å². The number of azo groups is 1. The van der Waals surface area contributed by atoms with Crippen LogP contribution in [0, 0.1) is 0 Å². The SMILES string of the molecule is CC(C)N=NC1(C)NNC(c2cc(C(C)C)c(O)cc2O)N1c1ccc(N2CCOCC2)nc1. The van der Waals surface area contributed by atoms with Crippen molar-refractivity contribution >= 4 is 11.5 Å². The molecule has 2 unspecified atom stereocenters. The summed E-state index contributed by atoms with van der Waals surface area (Å²) in [6, 6.07) is 7.25. The molecule has 1 aromatic heterocycles. The minimum Gasteiger partial charge on any atom is -0.508 e. The summed E-state index contributed by atoms with van der Waals surface area (Å²) in [5.41, 5.74) is 8.69. The quantitative estimate of drug-likeness (QED) is 0.474. The Bertz CT molecular complexity index is 1020. The zero-order valence-corrected chi connectivity index (χ0v) is 20.5. The average Bonchev–Trinajstić information content (AvgIpc) is 3.15. The van der Waals surface area contributed by atoms with E-state index in [4.69, 9.17) is 9.72 Å². The number of hydrazine groups is 1. The summed E-state index contributed by atoms with van der Waals surface area (Å²) < 4.78 is 5.45. The lowest BCUT2D eigenvalue weighted by atomic mass is 9.97. The van der Waals surface area contributed by atoms with Crippen LogP contribution in [0.4, 0.5) is 11.5 Å². The summed E-state index contributed by atoms with van der Waals surface area (Å²) in [5.74, 6) is 0.119.